The standard InChI is InChI=1S/C17H36N4O/c1-7-22-9-8-19-16(18-6)20-13-17(4,5)21-11-14(2)10-15(3)12-21/h14-15H,7-13H2,1-6H3,(H2,18,19,20). The third-order valence-corrected chi connectivity index (χ3v) is 4.38. The van der Waals surface area contributed by atoms with Crippen LogP contribution in [0.5, 0.6) is 0 Å². The van der Waals surface area contributed by atoms with Gasteiger partial charge in [0.25, 0.3) is 0 Å². The summed E-state index contributed by atoms with van der Waals surface area (Å²) in [4.78, 5) is 6.90. The molecule has 0 aliphatic carbocycles. The molecule has 2 N–H and O–H groups in total. The van der Waals surface area contributed by atoms with E-state index in [9.17, 15) is 0 Å². The number of hydrogen-bond donors (Lipinski definition) is 2. The van der Waals surface area contributed by atoms with E-state index in [4.69, 9.17) is 4.74 Å². The van der Waals surface area contributed by atoms with Crippen molar-refractivity contribution in [2.24, 2.45) is 16.8 Å². The molecular weight excluding hydrogens is 276 g/mol. The Hall–Kier alpha value is -0.810. The molecule has 2 unspecified atom stereocenters. The largest absolute Gasteiger partial charge is 0.380 e. The summed E-state index contributed by atoms with van der Waals surface area (Å²) in [7, 11) is 1.81. The smallest absolute Gasteiger partial charge is 0.191 e. The number of nitrogens with zero attached hydrogens (tertiary/aromatic N) is 2. The van der Waals surface area contributed by atoms with E-state index in [-0.39, 0.29) is 5.54 Å². The third kappa shape index (κ3) is 6.53. The molecule has 2 atom stereocenters. The molecule has 5 nitrogen and oxygen atoms in total. The second kappa shape index (κ2) is 9.36. The Morgan fingerprint density at radius 2 is 1.86 bits per heavy atom. The van der Waals surface area contributed by atoms with Crippen molar-refractivity contribution in [1.29, 1.82) is 0 Å². The maximum Gasteiger partial charge on any atom is 0.191 e. The summed E-state index contributed by atoms with van der Waals surface area (Å²) >= 11 is 0. The number of rotatable bonds is 7. The fourth-order valence-electron chi connectivity index (χ4n) is 3.18. The van der Waals surface area contributed by atoms with Crippen LogP contribution in [0, 0.1) is 11.8 Å². The normalized spacial score (nSPS) is 24.4. The lowest BCUT2D eigenvalue weighted by Crippen LogP contribution is -2.57. The van der Waals surface area contributed by atoms with Crippen LogP contribution < -0.4 is 10.6 Å². The zero-order chi connectivity index (χ0) is 16.6. The van der Waals surface area contributed by atoms with Crippen molar-refractivity contribution in [2.75, 3.05) is 46.4 Å². The first-order chi connectivity index (χ1) is 10.4. The Bertz CT molecular complexity index is 334. The Labute approximate surface area is 136 Å². The van der Waals surface area contributed by atoms with Gasteiger partial charge in [0.15, 0.2) is 5.96 Å². The van der Waals surface area contributed by atoms with Gasteiger partial charge in [0, 0.05) is 45.4 Å². The average molecular weight is 313 g/mol. The highest BCUT2D eigenvalue weighted by Crippen LogP contribution is 2.26. The second-order valence-electron chi connectivity index (χ2n) is 7.21. The molecule has 0 amide bonds. The topological polar surface area (TPSA) is 48.9 Å². The number of likely N-dealkylation sites (tertiary alicyclic amines) is 1. The van der Waals surface area contributed by atoms with Gasteiger partial charge in [-0.05, 0) is 39.0 Å². The summed E-state index contributed by atoms with van der Waals surface area (Å²) in [5.74, 6) is 2.42. The monoisotopic (exact) mass is 312 g/mol. The number of aliphatic imine (C=N–C) groups is 1. The van der Waals surface area contributed by atoms with E-state index in [0.717, 1.165) is 37.5 Å². The summed E-state index contributed by atoms with van der Waals surface area (Å²) in [6, 6.07) is 0. The van der Waals surface area contributed by atoms with E-state index in [1.807, 2.05) is 14.0 Å². The van der Waals surface area contributed by atoms with Gasteiger partial charge in [-0.2, -0.15) is 0 Å². The minimum absolute atomic E-state index is 0.125. The van der Waals surface area contributed by atoms with Crippen molar-refractivity contribution in [3.8, 4) is 0 Å². The van der Waals surface area contributed by atoms with Crippen LogP contribution in [0.2, 0.25) is 0 Å². The Morgan fingerprint density at radius 3 is 2.41 bits per heavy atom. The van der Waals surface area contributed by atoms with Gasteiger partial charge in [-0.1, -0.05) is 13.8 Å². The quantitative estimate of drug-likeness (QED) is 0.428. The lowest BCUT2D eigenvalue weighted by atomic mass is 9.88. The molecule has 1 heterocycles. The second-order valence-corrected chi connectivity index (χ2v) is 7.21. The van der Waals surface area contributed by atoms with Crippen LogP contribution in [-0.2, 0) is 4.74 Å². The Morgan fingerprint density at radius 1 is 1.23 bits per heavy atom. The first-order valence-electron chi connectivity index (χ1n) is 8.66. The molecule has 1 fully saturated rings. The highest BCUT2D eigenvalue weighted by molar-refractivity contribution is 5.79. The van der Waals surface area contributed by atoms with E-state index in [0.29, 0.717) is 6.61 Å². The molecule has 0 aromatic carbocycles. The van der Waals surface area contributed by atoms with Crippen LogP contribution in [0.25, 0.3) is 0 Å². The summed E-state index contributed by atoms with van der Waals surface area (Å²) in [5.41, 5.74) is 0.125. The lowest BCUT2D eigenvalue weighted by molar-refractivity contribution is 0.0483. The van der Waals surface area contributed by atoms with Gasteiger partial charge in [-0.25, -0.2) is 0 Å². The van der Waals surface area contributed by atoms with E-state index in [2.05, 4.69) is 48.2 Å². The number of piperidine rings is 1. The molecule has 22 heavy (non-hydrogen) atoms. The summed E-state index contributed by atoms with van der Waals surface area (Å²) in [5, 5.41) is 6.75. The molecule has 0 bridgehead atoms. The predicted octanol–water partition coefficient (Wildman–Crippen LogP) is 1.94. The van der Waals surface area contributed by atoms with E-state index in [1.165, 1.54) is 19.5 Å². The van der Waals surface area contributed by atoms with Crippen molar-refractivity contribution in [3.63, 3.8) is 0 Å². The fraction of sp³-hybridized carbons (Fsp3) is 0.941. The Kier molecular flexibility index (Phi) is 8.18. The third-order valence-electron chi connectivity index (χ3n) is 4.38. The van der Waals surface area contributed by atoms with E-state index in [1.54, 1.807) is 0 Å². The molecule has 130 valence electrons. The van der Waals surface area contributed by atoms with Crippen LogP contribution in [0.3, 0.4) is 0 Å². The SMILES string of the molecule is CCOCCNC(=NC)NCC(C)(C)N1CC(C)CC(C)C1. The van der Waals surface area contributed by atoms with Crippen molar-refractivity contribution >= 4 is 5.96 Å². The maximum absolute atomic E-state index is 5.34. The first kappa shape index (κ1) is 19.2. The molecule has 0 saturated carbocycles. The van der Waals surface area contributed by atoms with Gasteiger partial charge in [-0.3, -0.25) is 9.89 Å². The van der Waals surface area contributed by atoms with Gasteiger partial charge in [-0.15, -0.1) is 0 Å². The van der Waals surface area contributed by atoms with Crippen LogP contribution in [0.1, 0.15) is 41.0 Å². The van der Waals surface area contributed by atoms with Gasteiger partial charge in [0.1, 0.15) is 0 Å². The molecule has 1 aliphatic heterocycles. The zero-order valence-corrected chi connectivity index (χ0v) is 15.4. The zero-order valence-electron chi connectivity index (χ0n) is 15.4. The Balaban J connectivity index is 2.42. The molecule has 0 radical (unpaired) electrons. The average Bonchev–Trinajstić information content (AvgIpc) is 2.45. The molecule has 0 aromatic heterocycles. The molecule has 1 aliphatic rings. The van der Waals surface area contributed by atoms with Crippen LogP contribution in [0.15, 0.2) is 4.99 Å². The number of hydrogen-bond acceptors (Lipinski definition) is 3. The van der Waals surface area contributed by atoms with Gasteiger partial charge in [0.05, 0.1) is 6.61 Å². The summed E-state index contributed by atoms with van der Waals surface area (Å²) in [6.07, 6.45) is 1.35. The highest BCUT2D eigenvalue weighted by atomic mass is 16.5. The maximum atomic E-state index is 5.34. The van der Waals surface area contributed by atoms with E-state index < -0.39 is 0 Å². The number of guanidine groups is 1. The fourth-order valence-corrected chi connectivity index (χ4v) is 3.18. The van der Waals surface area contributed by atoms with Crippen molar-refractivity contribution in [3.05, 3.63) is 0 Å². The number of ether oxygens (including phenoxy) is 1. The van der Waals surface area contributed by atoms with Crippen molar-refractivity contribution in [2.45, 2.75) is 46.6 Å². The molecule has 1 saturated heterocycles. The minimum Gasteiger partial charge on any atom is -0.380 e. The van der Waals surface area contributed by atoms with Gasteiger partial charge in [0.2, 0.25) is 0 Å². The first-order valence-corrected chi connectivity index (χ1v) is 8.66. The molecular formula is C17H36N4O. The van der Waals surface area contributed by atoms with Crippen LogP contribution in [0.4, 0.5) is 0 Å². The highest BCUT2D eigenvalue weighted by Gasteiger charge is 2.32. The molecule has 5 heteroatoms. The van der Waals surface area contributed by atoms with Crippen LogP contribution >= 0.6 is 0 Å². The van der Waals surface area contributed by atoms with E-state index >= 15 is 0 Å². The molecule has 0 aromatic rings. The minimum atomic E-state index is 0.125. The van der Waals surface area contributed by atoms with Crippen molar-refractivity contribution in [1.82, 2.24) is 15.5 Å². The van der Waals surface area contributed by atoms with Crippen molar-refractivity contribution < 1.29 is 4.74 Å². The summed E-state index contributed by atoms with van der Waals surface area (Å²) in [6.45, 7) is 16.9. The predicted molar refractivity (Wildman–Crippen MR) is 94.5 cm³/mol. The number of nitrogens with one attached hydrogen (secondary N) is 2. The molecule has 1 rings (SSSR count). The van der Waals surface area contributed by atoms with Gasteiger partial charge >= 0.3 is 0 Å². The molecule has 0 spiro atoms. The van der Waals surface area contributed by atoms with Crippen LogP contribution in [-0.4, -0.2) is 62.8 Å². The summed E-state index contributed by atoms with van der Waals surface area (Å²) < 4.78 is 5.34. The van der Waals surface area contributed by atoms with Gasteiger partial charge < -0.3 is 15.4 Å². The lowest BCUT2D eigenvalue weighted by Gasteiger charge is -2.45.